The number of halogens is 3. The van der Waals surface area contributed by atoms with Gasteiger partial charge in [0.25, 0.3) is 5.91 Å². The van der Waals surface area contributed by atoms with Crippen LogP contribution in [-0.4, -0.2) is 53.2 Å². The minimum absolute atomic E-state index is 0.0504. The number of rotatable bonds is 6. The van der Waals surface area contributed by atoms with Crippen molar-refractivity contribution in [3.05, 3.63) is 47.7 Å². The molecule has 4 rings (SSSR count). The summed E-state index contributed by atoms with van der Waals surface area (Å²) in [5, 5.41) is 2.85. The Morgan fingerprint density at radius 2 is 1.64 bits per heavy atom. The molecule has 2 aromatic rings. The molecule has 1 saturated heterocycles. The van der Waals surface area contributed by atoms with Crippen molar-refractivity contribution in [1.82, 2.24) is 9.88 Å². The number of pyridine rings is 1. The lowest BCUT2D eigenvalue weighted by Gasteiger charge is -2.33. The highest BCUT2D eigenvalue weighted by molar-refractivity contribution is 5.95. The molecular formula is C27H31F3N4O5. The summed E-state index contributed by atoms with van der Waals surface area (Å²) in [7, 11) is 0. The van der Waals surface area contributed by atoms with Crippen molar-refractivity contribution >= 4 is 29.3 Å². The van der Waals surface area contributed by atoms with Crippen LogP contribution in [-0.2, 0) is 14.3 Å². The second-order valence-corrected chi connectivity index (χ2v) is 9.87. The molecule has 2 amide bonds. The van der Waals surface area contributed by atoms with E-state index in [4.69, 9.17) is 10.5 Å². The monoisotopic (exact) mass is 548 g/mol. The molecule has 1 aromatic carbocycles. The Labute approximate surface area is 223 Å². The van der Waals surface area contributed by atoms with Gasteiger partial charge in [-0.1, -0.05) is 0 Å². The van der Waals surface area contributed by atoms with Gasteiger partial charge in [-0.15, -0.1) is 13.2 Å². The van der Waals surface area contributed by atoms with E-state index in [0.29, 0.717) is 63.1 Å². The Kier molecular flexibility index (Phi) is 8.61. The molecule has 9 nitrogen and oxygen atoms in total. The van der Waals surface area contributed by atoms with Crippen molar-refractivity contribution in [2.24, 2.45) is 5.92 Å². The zero-order valence-electron chi connectivity index (χ0n) is 21.5. The van der Waals surface area contributed by atoms with E-state index in [1.54, 1.807) is 11.1 Å². The van der Waals surface area contributed by atoms with Crippen molar-refractivity contribution < 1.29 is 37.0 Å². The minimum Gasteiger partial charge on any atom is -0.463 e. The molecule has 0 radical (unpaired) electrons. The second-order valence-electron chi connectivity index (χ2n) is 9.87. The van der Waals surface area contributed by atoms with Crippen molar-refractivity contribution in [2.45, 2.75) is 63.8 Å². The summed E-state index contributed by atoms with van der Waals surface area (Å²) < 4.78 is 46.2. The number of hydrogen-bond acceptors (Lipinski definition) is 7. The van der Waals surface area contributed by atoms with Crippen LogP contribution in [0.5, 0.6) is 5.75 Å². The first-order chi connectivity index (χ1) is 18.5. The second kappa shape index (κ2) is 11.9. The fourth-order valence-electron chi connectivity index (χ4n) is 5.22. The molecule has 210 valence electrons. The summed E-state index contributed by atoms with van der Waals surface area (Å²) >= 11 is 0. The third-order valence-electron chi connectivity index (χ3n) is 7.20. The number of nitrogens with zero attached hydrogens (tertiary/aromatic N) is 2. The lowest BCUT2D eigenvalue weighted by molar-refractivity contribution is -0.274. The molecule has 3 N–H and O–H groups in total. The standard InChI is InChI=1S/C27H31F3N4O5/c1-16(35)38-20-6-2-18(3-7-20)25(36)33-24-23(31)22(10-13-32-24)17-11-14-34(15-12-17)26(37)19-4-8-21(9-5-19)39-27(28,29)30/h4-5,8-10,13,17-18,20H,2-3,6-7,11-12,14-15,31H2,1H3,(H,32,33,36). The number of amides is 2. The summed E-state index contributed by atoms with van der Waals surface area (Å²) in [5.41, 5.74) is 7.92. The zero-order chi connectivity index (χ0) is 28.2. The molecule has 1 saturated carbocycles. The number of nitrogen functional groups attached to an aromatic ring is 1. The van der Waals surface area contributed by atoms with Crippen LogP contribution in [0, 0.1) is 5.92 Å². The highest BCUT2D eigenvalue weighted by Gasteiger charge is 2.32. The maximum Gasteiger partial charge on any atom is 0.573 e. The lowest BCUT2D eigenvalue weighted by atomic mass is 9.86. The molecule has 0 unspecified atom stereocenters. The smallest absolute Gasteiger partial charge is 0.463 e. The van der Waals surface area contributed by atoms with E-state index in [2.05, 4.69) is 15.0 Å². The molecule has 39 heavy (non-hydrogen) atoms. The van der Waals surface area contributed by atoms with Gasteiger partial charge in [-0.25, -0.2) is 4.98 Å². The number of hydrogen-bond donors (Lipinski definition) is 2. The predicted molar refractivity (Wildman–Crippen MR) is 136 cm³/mol. The molecule has 0 bridgehead atoms. The molecule has 12 heteroatoms. The number of piperidine rings is 1. The minimum atomic E-state index is -4.79. The quantitative estimate of drug-likeness (QED) is 0.504. The first kappa shape index (κ1) is 28.2. The lowest BCUT2D eigenvalue weighted by Crippen LogP contribution is -2.38. The number of benzene rings is 1. The topological polar surface area (TPSA) is 124 Å². The van der Waals surface area contributed by atoms with Gasteiger partial charge in [-0.3, -0.25) is 14.4 Å². The van der Waals surface area contributed by atoms with Gasteiger partial charge in [0, 0.05) is 37.7 Å². The zero-order valence-corrected chi connectivity index (χ0v) is 21.5. The van der Waals surface area contributed by atoms with E-state index in [-0.39, 0.29) is 47.0 Å². The summed E-state index contributed by atoms with van der Waals surface area (Å²) in [5.74, 6) is -1.01. The van der Waals surface area contributed by atoms with Crippen LogP contribution in [0.25, 0.3) is 0 Å². The van der Waals surface area contributed by atoms with Crippen LogP contribution in [0.1, 0.15) is 67.3 Å². The van der Waals surface area contributed by atoms with Gasteiger partial charge in [-0.05, 0) is 80.3 Å². The maximum atomic E-state index is 12.9. The number of aromatic nitrogens is 1. The number of carbonyl (C=O) groups is 3. The Balaban J connectivity index is 1.32. The molecular weight excluding hydrogens is 517 g/mol. The average molecular weight is 549 g/mol. The Bertz CT molecular complexity index is 1190. The number of carbonyl (C=O) groups excluding carboxylic acids is 3. The van der Waals surface area contributed by atoms with Gasteiger partial charge in [0.1, 0.15) is 11.9 Å². The van der Waals surface area contributed by atoms with E-state index in [1.165, 1.54) is 19.1 Å². The fourth-order valence-corrected chi connectivity index (χ4v) is 5.22. The van der Waals surface area contributed by atoms with Crippen molar-refractivity contribution in [3.8, 4) is 5.75 Å². The molecule has 0 atom stereocenters. The number of anilines is 2. The average Bonchev–Trinajstić information content (AvgIpc) is 2.89. The molecule has 1 aliphatic carbocycles. The molecule has 2 heterocycles. The maximum absolute atomic E-state index is 12.9. The third-order valence-corrected chi connectivity index (χ3v) is 7.20. The van der Waals surface area contributed by atoms with E-state index in [9.17, 15) is 27.6 Å². The van der Waals surface area contributed by atoms with Gasteiger partial charge in [0.05, 0.1) is 5.69 Å². The summed E-state index contributed by atoms with van der Waals surface area (Å²) in [4.78, 5) is 42.8. The number of alkyl halides is 3. The van der Waals surface area contributed by atoms with Crippen LogP contribution < -0.4 is 15.8 Å². The van der Waals surface area contributed by atoms with Gasteiger partial charge >= 0.3 is 12.3 Å². The fraction of sp³-hybridized carbons (Fsp3) is 0.481. The normalized spacial score (nSPS) is 20.3. The third kappa shape index (κ3) is 7.39. The number of likely N-dealkylation sites (tertiary alicyclic amines) is 1. The molecule has 2 aliphatic rings. The van der Waals surface area contributed by atoms with Crippen LogP contribution in [0.4, 0.5) is 24.7 Å². The number of nitrogens with one attached hydrogen (secondary N) is 1. The van der Waals surface area contributed by atoms with E-state index >= 15 is 0 Å². The van der Waals surface area contributed by atoms with Crippen molar-refractivity contribution in [2.75, 3.05) is 24.1 Å². The Morgan fingerprint density at radius 1 is 1.00 bits per heavy atom. The Hall–Kier alpha value is -3.83. The van der Waals surface area contributed by atoms with E-state index in [1.807, 2.05) is 6.07 Å². The van der Waals surface area contributed by atoms with Crippen LogP contribution in [0.15, 0.2) is 36.5 Å². The van der Waals surface area contributed by atoms with Gasteiger partial charge < -0.3 is 25.4 Å². The van der Waals surface area contributed by atoms with E-state index in [0.717, 1.165) is 17.7 Å². The molecule has 0 spiro atoms. The first-order valence-corrected chi connectivity index (χ1v) is 12.9. The SMILES string of the molecule is CC(=O)OC1CCC(C(=O)Nc2nccc(C3CCN(C(=O)c4ccc(OC(F)(F)F)cc4)CC3)c2N)CC1. The van der Waals surface area contributed by atoms with Crippen molar-refractivity contribution in [3.63, 3.8) is 0 Å². The summed E-state index contributed by atoms with van der Waals surface area (Å²) in [6, 6.07) is 6.68. The molecule has 2 fully saturated rings. The van der Waals surface area contributed by atoms with Crippen LogP contribution in [0.3, 0.4) is 0 Å². The number of nitrogens with two attached hydrogens (primary N) is 1. The molecule has 1 aliphatic heterocycles. The largest absolute Gasteiger partial charge is 0.573 e. The molecule has 1 aromatic heterocycles. The summed E-state index contributed by atoms with van der Waals surface area (Å²) in [6.45, 7) is 2.26. The van der Waals surface area contributed by atoms with Crippen LogP contribution >= 0.6 is 0 Å². The highest BCUT2D eigenvalue weighted by Crippen LogP contribution is 2.35. The first-order valence-electron chi connectivity index (χ1n) is 12.9. The van der Waals surface area contributed by atoms with E-state index < -0.39 is 6.36 Å². The van der Waals surface area contributed by atoms with Gasteiger partial charge in [0.2, 0.25) is 5.91 Å². The summed E-state index contributed by atoms with van der Waals surface area (Å²) in [6.07, 6.45) is 0.372. The van der Waals surface area contributed by atoms with Crippen LogP contribution in [0.2, 0.25) is 0 Å². The van der Waals surface area contributed by atoms with Gasteiger partial charge in [0.15, 0.2) is 5.82 Å². The highest BCUT2D eigenvalue weighted by atomic mass is 19.4. The number of esters is 1. The Morgan fingerprint density at radius 3 is 2.23 bits per heavy atom. The number of ether oxygens (including phenoxy) is 2. The predicted octanol–water partition coefficient (Wildman–Crippen LogP) is 4.64. The van der Waals surface area contributed by atoms with Crippen molar-refractivity contribution in [1.29, 1.82) is 0 Å². The van der Waals surface area contributed by atoms with Gasteiger partial charge in [-0.2, -0.15) is 0 Å².